The van der Waals surface area contributed by atoms with Crippen LogP contribution in [0.4, 0.5) is 0 Å². The molecule has 4 atom stereocenters. The lowest BCUT2D eigenvalue weighted by Crippen LogP contribution is -2.53. The molecule has 5 N–H and O–H groups in total. The smallest absolute Gasteiger partial charge is 0.249 e. The Morgan fingerprint density at radius 1 is 0.352 bits per heavy atom. The number of amides is 1. The molecule has 0 spiro atoms. The average Bonchev–Trinajstić information content (AvgIpc) is 3.38. The van der Waals surface area contributed by atoms with Crippen molar-refractivity contribution >= 4 is 5.91 Å². The maximum atomic E-state index is 12.6. The summed E-state index contributed by atoms with van der Waals surface area (Å²) in [7, 11) is 0. The van der Waals surface area contributed by atoms with E-state index in [0.29, 0.717) is 19.3 Å². The van der Waals surface area contributed by atoms with Crippen LogP contribution in [0.3, 0.4) is 0 Å². The number of rotatable bonds is 57. The molecule has 0 radical (unpaired) electrons. The molecule has 416 valence electrons. The number of nitrogens with one attached hydrogen (secondary N) is 1. The van der Waals surface area contributed by atoms with Crippen LogP contribution in [0.25, 0.3) is 0 Å². The number of carbonyl (C=O) groups excluding carboxylic acids is 1. The highest BCUT2D eigenvalue weighted by atomic mass is 16.3. The summed E-state index contributed by atoms with van der Waals surface area (Å²) in [6, 6.07) is -1.01. The predicted octanol–water partition coefficient (Wildman–Crippen LogP) is 18.7. The Morgan fingerprint density at radius 3 is 0.972 bits per heavy atom. The van der Waals surface area contributed by atoms with Crippen molar-refractivity contribution in [2.24, 2.45) is 0 Å². The monoisotopic (exact) mass is 996 g/mol. The van der Waals surface area contributed by atoms with Crippen molar-refractivity contribution in [3.05, 3.63) is 60.8 Å². The van der Waals surface area contributed by atoms with Gasteiger partial charge in [0.05, 0.1) is 18.8 Å². The van der Waals surface area contributed by atoms with Gasteiger partial charge in [0.25, 0.3) is 0 Å². The highest BCUT2D eigenvalue weighted by Crippen LogP contribution is 2.17. The van der Waals surface area contributed by atoms with Gasteiger partial charge in [0.2, 0.25) is 5.91 Å². The zero-order valence-electron chi connectivity index (χ0n) is 47.2. The van der Waals surface area contributed by atoms with Crippen LogP contribution < -0.4 is 5.32 Å². The third-order valence-electron chi connectivity index (χ3n) is 14.4. The van der Waals surface area contributed by atoms with Crippen molar-refractivity contribution < 1.29 is 25.2 Å². The minimum Gasteiger partial charge on any atom is -0.394 e. The first kappa shape index (κ1) is 69.0. The zero-order valence-corrected chi connectivity index (χ0v) is 47.2. The first-order chi connectivity index (χ1) is 35.0. The molecule has 0 aromatic rings. The Kier molecular flexibility index (Phi) is 57.2. The van der Waals surface area contributed by atoms with Gasteiger partial charge in [-0.05, 0) is 96.3 Å². The van der Waals surface area contributed by atoms with Gasteiger partial charge in [-0.3, -0.25) is 4.79 Å². The molecule has 6 heteroatoms. The van der Waals surface area contributed by atoms with Crippen molar-refractivity contribution in [3.63, 3.8) is 0 Å². The molecule has 6 nitrogen and oxygen atoms in total. The highest BCUT2D eigenvalue weighted by molar-refractivity contribution is 5.80. The van der Waals surface area contributed by atoms with E-state index in [2.05, 4.69) is 79.9 Å². The third-order valence-corrected chi connectivity index (χ3v) is 14.4. The van der Waals surface area contributed by atoms with Crippen LogP contribution in [0.2, 0.25) is 0 Å². The van der Waals surface area contributed by atoms with E-state index in [1.54, 1.807) is 0 Å². The van der Waals surface area contributed by atoms with Crippen molar-refractivity contribution in [2.45, 2.75) is 340 Å². The molecular formula is C65H121NO5. The van der Waals surface area contributed by atoms with Crippen molar-refractivity contribution in [1.82, 2.24) is 5.32 Å². The summed E-state index contributed by atoms with van der Waals surface area (Å²) in [5.74, 6) is -0.598. The van der Waals surface area contributed by atoms with E-state index in [9.17, 15) is 25.2 Å². The Bertz CT molecular complexity index is 1210. The van der Waals surface area contributed by atoms with Gasteiger partial charge in [-0.1, -0.05) is 280 Å². The van der Waals surface area contributed by atoms with Gasteiger partial charge < -0.3 is 25.7 Å². The van der Waals surface area contributed by atoms with Crippen LogP contribution >= 0.6 is 0 Å². The minimum absolute atomic E-state index is 0.358. The fraction of sp³-hybridized carbons (Fsp3) is 0.831. The van der Waals surface area contributed by atoms with Gasteiger partial charge in [0, 0.05) is 0 Å². The van der Waals surface area contributed by atoms with Crippen LogP contribution in [0.1, 0.15) is 316 Å². The predicted molar refractivity (Wildman–Crippen MR) is 311 cm³/mol. The molecule has 4 unspecified atom stereocenters. The van der Waals surface area contributed by atoms with Crippen molar-refractivity contribution in [3.8, 4) is 0 Å². The summed E-state index contributed by atoms with van der Waals surface area (Å²) >= 11 is 0. The number of aliphatic hydroxyl groups excluding tert-OH is 4. The molecule has 0 aromatic heterocycles. The number of unbranched alkanes of at least 4 members (excludes halogenated alkanes) is 38. The highest BCUT2D eigenvalue weighted by Gasteiger charge is 2.28. The van der Waals surface area contributed by atoms with E-state index < -0.39 is 36.9 Å². The number of hydrogen-bond donors (Lipinski definition) is 5. The maximum Gasteiger partial charge on any atom is 0.249 e. The molecule has 1 amide bonds. The summed E-state index contributed by atoms with van der Waals surface area (Å²) < 4.78 is 0. The second kappa shape index (κ2) is 58.9. The molecule has 0 aliphatic rings. The molecule has 0 saturated heterocycles. The molecule has 0 bridgehead atoms. The van der Waals surface area contributed by atoms with Crippen LogP contribution in [0.15, 0.2) is 60.8 Å². The molecule has 0 saturated carbocycles. The van der Waals surface area contributed by atoms with E-state index in [1.807, 2.05) is 0 Å². The van der Waals surface area contributed by atoms with Gasteiger partial charge >= 0.3 is 0 Å². The Hall–Kier alpha value is -1.99. The quantitative estimate of drug-likeness (QED) is 0.0308. The molecule has 0 rings (SSSR count). The van der Waals surface area contributed by atoms with E-state index in [1.165, 1.54) is 225 Å². The van der Waals surface area contributed by atoms with Crippen LogP contribution in [0, 0.1) is 0 Å². The van der Waals surface area contributed by atoms with Crippen molar-refractivity contribution in [2.75, 3.05) is 6.61 Å². The molecule has 0 aliphatic carbocycles. The van der Waals surface area contributed by atoms with Gasteiger partial charge in [-0.25, -0.2) is 0 Å². The summed E-state index contributed by atoms with van der Waals surface area (Å²) in [6.45, 7) is 4.05. The average molecular weight is 997 g/mol. The number of hydrogen-bond acceptors (Lipinski definition) is 5. The second-order valence-corrected chi connectivity index (χ2v) is 21.4. The molecule has 0 heterocycles. The number of carbonyl (C=O) groups is 1. The SMILES string of the molecule is CCCCCCCC/C=C/CC/C=C/CC/C=C/CCCC(O)C(O)C(CO)NC(=O)C(O)CCCCCCCCCCCCCCCCCC/C=C\C/C=C\CCCCCCCCCCCCCCC. The topological polar surface area (TPSA) is 110 Å². The standard InChI is InChI=1S/C65H121NO5/c1-3-5-7-9-11-13-15-17-19-21-23-24-25-26-27-28-29-30-31-32-33-34-35-36-37-38-39-41-43-45-47-49-51-53-55-57-59-63(69)65(71)66-61(60-67)64(70)62(68)58-56-54-52-50-48-46-44-42-40-22-20-18-16-14-12-10-8-6-4-2/h18,20,27-28,30-31,42,44,50,52,61-64,67-70H,3-17,19,21-26,29,32-41,43,45-49,51,53-60H2,1-2H3,(H,66,71)/b20-18+,28-27-,31-30-,44-42+,52-50+. The van der Waals surface area contributed by atoms with Crippen LogP contribution in [0.5, 0.6) is 0 Å². The fourth-order valence-corrected chi connectivity index (χ4v) is 9.53. The number of aliphatic hydroxyl groups is 4. The van der Waals surface area contributed by atoms with Gasteiger partial charge in [0.1, 0.15) is 12.2 Å². The van der Waals surface area contributed by atoms with Gasteiger partial charge in [-0.2, -0.15) is 0 Å². The summed E-state index contributed by atoms with van der Waals surface area (Å²) in [5, 5.41) is 44.0. The Morgan fingerprint density at radius 2 is 0.634 bits per heavy atom. The molecule has 0 fully saturated rings. The lowest BCUT2D eigenvalue weighted by Gasteiger charge is -2.27. The van der Waals surface area contributed by atoms with E-state index >= 15 is 0 Å². The Balaban J connectivity index is 3.61. The van der Waals surface area contributed by atoms with Crippen LogP contribution in [-0.2, 0) is 4.79 Å². The van der Waals surface area contributed by atoms with Crippen molar-refractivity contribution in [1.29, 1.82) is 0 Å². The minimum atomic E-state index is -1.30. The summed E-state index contributed by atoms with van der Waals surface area (Å²) in [6.07, 6.45) is 77.5. The number of allylic oxidation sites excluding steroid dienone is 10. The van der Waals surface area contributed by atoms with E-state index in [-0.39, 0.29) is 0 Å². The van der Waals surface area contributed by atoms with E-state index in [0.717, 1.165) is 57.8 Å². The zero-order chi connectivity index (χ0) is 51.6. The third kappa shape index (κ3) is 52.7. The molecular weight excluding hydrogens is 875 g/mol. The largest absolute Gasteiger partial charge is 0.394 e. The lowest BCUT2D eigenvalue weighted by atomic mass is 10.00. The normalized spacial score (nSPS) is 14.1. The Labute approximate surface area is 442 Å². The summed E-state index contributed by atoms with van der Waals surface area (Å²) in [4.78, 5) is 12.6. The molecule has 0 aliphatic heterocycles. The van der Waals surface area contributed by atoms with Crippen LogP contribution in [-0.4, -0.2) is 57.3 Å². The molecule has 0 aromatic carbocycles. The second-order valence-electron chi connectivity index (χ2n) is 21.4. The lowest BCUT2D eigenvalue weighted by molar-refractivity contribution is -0.132. The summed E-state index contributed by atoms with van der Waals surface area (Å²) in [5.41, 5.74) is 0. The maximum absolute atomic E-state index is 12.6. The first-order valence-corrected chi connectivity index (χ1v) is 31.2. The fourth-order valence-electron chi connectivity index (χ4n) is 9.53. The van der Waals surface area contributed by atoms with Gasteiger partial charge in [0.15, 0.2) is 0 Å². The van der Waals surface area contributed by atoms with Gasteiger partial charge in [-0.15, -0.1) is 0 Å². The first-order valence-electron chi connectivity index (χ1n) is 31.2. The van der Waals surface area contributed by atoms with E-state index in [4.69, 9.17) is 0 Å². The molecule has 71 heavy (non-hydrogen) atoms.